The summed E-state index contributed by atoms with van der Waals surface area (Å²) in [6.45, 7) is 1.57. The molecule has 0 unspecified atom stereocenters. The molecule has 0 aromatic heterocycles. The van der Waals surface area contributed by atoms with Gasteiger partial charge in [-0.05, 0) is 42.3 Å². The Labute approximate surface area is 243 Å². The van der Waals surface area contributed by atoms with Crippen LogP contribution in [0.2, 0.25) is 10.0 Å². The smallest absolute Gasteiger partial charge is 0.326 e. The summed E-state index contributed by atoms with van der Waals surface area (Å²) in [5, 5.41) is 4.31. The Morgan fingerprint density at radius 1 is 0.875 bits per heavy atom. The average Bonchev–Trinajstić information content (AvgIpc) is 2.92. The first-order chi connectivity index (χ1) is 19.2. The van der Waals surface area contributed by atoms with Crippen LogP contribution in [0.5, 0.6) is 0 Å². The molecule has 0 bridgehead atoms. The van der Waals surface area contributed by atoms with Gasteiger partial charge in [0, 0.05) is 26.5 Å². The minimum atomic E-state index is -4.32. The summed E-state index contributed by atoms with van der Waals surface area (Å²) in [7, 11) is -4.32. The zero-order valence-corrected chi connectivity index (χ0v) is 24.1. The maximum Gasteiger partial charge on any atom is 0.326 e. The number of anilines is 2. The van der Waals surface area contributed by atoms with E-state index < -0.39 is 22.5 Å². The summed E-state index contributed by atoms with van der Waals surface area (Å²) in [6, 6.07) is 23.5. The van der Waals surface area contributed by atoms with E-state index in [1.807, 2.05) is 37.3 Å². The Kier molecular flexibility index (Phi) is 9.68. The zero-order valence-electron chi connectivity index (χ0n) is 21.8. The van der Waals surface area contributed by atoms with Gasteiger partial charge in [0.2, 0.25) is 5.91 Å². The quantitative estimate of drug-likeness (QED) is 0.150. The highest BCUT2D eigenvalue weighted by molar-refractivity contribution is 7.93. The third-order valence-corrected chi connectivity index (χ3v) is 8.28. The van der Waals surface area contributed by atoms with Crippen molar-refractivity contribution >= 4 is 67.2 Å². The number of unbranched alkanes of at least 4 members (excludes halogenated alkanes) is 1. The van der Waals surface area contributed by atoms with E-state index in [1.165, 1.54) is 18.2 Å². The number of ether oxygens (including phenoxy) is 1. The summed E-state index contributed by atoms with van der Waals surface area (Å²) < 4.78 is 34.2. The van der Waals surface area contributed by atoms with Crippen molar-refractivity contribution in [2.24, 2.45) is 0 Å². The van der Waals surface area contributed by atoms with Crippen LogP contribution in [0.3, 0.4) is 0 Å². The minimum absolute atomic E-state index is 0.137. The fourth-order valence-electron chi connectivity index (χ4n) is 4.19. The van der Waals surface area contributed by atoms with Gasteiger partial charge >= 0.3 is 5.97 Å². The molecule has 0 heterocycles. The molecule has 7 nitrogen and oxygen atoms in total. The molecule has 40 heavy (non-hydrogen) atoms. The minimum Gasteiger partial charge on any atom is -0.464 e. The van der Waals surface area contributed by atoms with E-state index >= 15 is 0 Å². The standard InChI is InChI=1S/C30H28Cl2N2O5S/c1-2-3-15-39-30(36)20-34(40(37,38)24-18-22(31)17-23(32)19-24)28-14-8-11-25-26(28)12-7-13-27(25)33-29(35)16-21-9-5-4-6-10-21/h4-14,17-19H,2-3,15-16,20H2,1H3,(H,33,35). The fraction of sp³-hybridized carbons (Fsp3) is 0.200. The zero-order chi connectivity index (χ0) is 28.7. The topological polar surface area (TPSA) is 92.8 Å². The number of sulfonamides is 1. The molecule has 0 spiro atoms. The first-order valence-corrected chi connectivity index (χ1v) is 14.9. The largest absolute Gasteiger partial charge is 0.464 e. The van der Waals surface area contributed by atoms with Crippen molar-refractivity contribution in [2.45, 2.75) is 31.1 Å². The molecule has 0 atom stereocenters. The summed E-state index contributed by atoms with van der Waals surface area (Å²) in [4.78, 5) is 25.4. The van der Waals surface area contributed by atoms with Crippen LogP contribution in [-0.2, 0) is 30.8 Å². The Bertz CT molecular complexity index is 1610. The van der Waals surface area contributed by atoms with Crippen molar-refractivity contribution in [3.05, 3.63) is 101 Å². The van der Waals surface area contributed by atoms with Gasteiger partial charge in [0.25, 0.3) is 10.0 Å². The molecule has 1 N–H and O–H groups in total. The highest BCUT2D eigenvalue weighted by Gasteiger charge is 2.30. The fourth-order valence-corrected chi connectivity index (χ4v) is 6.35. The maximum atomic E-state index is 13.9. The highest BCUT2D eigenvalue weighted by atomic mass is 35.5. The van der Waals surface area contributed by atoms with Gasteiger partial charge in [-0.2, -0.15) is 0 Å². The molecule has 1 amide bonds. The molecule has 10 heteroatoms. The Hall–Kier alpha value is -3.59. The third-order valence-electron chi connectivity index (χ3n) is 6.11. The second kappa shape index (κ2) is 13.2. The molecule has 0 aliphatic carbocycles. The van der Waals surface area contributed by atoms with Gasteiger partial charge in [-0.15, -0.1) is 0 Å². The molecule has 4 aromatic carbocycles. The first-order valence-electron chi connectivity index (χ1n) is 12.7. The number of hydrogen-bond donors (Lipinski definition) is 1. The van der Waals surface area contributed by atoms with Gasteiger partial charge in [0.15, 0.2) is 0 Å². The number of amides is 1. The number of esters is 1. The lowest BCUT2D eigenvalue weighted by Gasteiger charge is -2.25. The van der Waals surface area contributed by atoms with Gasteiger partial charge in [-0.3, -0.25) is 13.9 Å². The first kappa shape index (κ1) is 29.4. The van der Waals surface area contributed by atoms with Crippen molar-refractivity contribution in [1.29, 1.82) is 0 Å². The van der Waals surface area contributed by atoms with Crippen LogP contribution in [0.15, 0.2) is 89.8 Å². The van der Waals surface area contributed by atoms with Crippen molar-refractivity contribution in [2.75, 3.05) is 22.8 Å². The molecular weight excluding hydrogens is 571 g/mol. The molecule has 0 saturated carbocycles. The normalized spacial score (nSPS) is 11.3. The molecule has 0 aliphatic rings. The summed E-state index contributed by atoms with van der Waals surface area (Å²) in [6.07, 6.45) is 1.65. The average molecular weight is 600 g/mol. The van der Waals surface area contributed by atoms with Crippen molar-refractivity contribution in [1.82, 2.24) is 0 Å². The van der Waals surface area contributed by atoms with Gasteiger partial charge in [-0.25, -0.2) is 8.42 Å². The number of nitrogens with zero attached hydrogens (tertiary/aromatic N) is 1. The van der Waals surface area contributed by atoms with E-state index in [0.717, 1.165) is 16.3 Å². The third kappa shape index (κ3) is 7.13. The van der Waals surface area contributed by atoms with E-state index in [2.05, 4.69) is 5.32 Å². The number of rotatable bonds is 11. The molecule has 0 radical (unpaired) electrons. The lowest BCUT2D eigenvalue weighted by Crippen LogP contribution is -2.37. The predicted octanol–water partition coefficient (Wildman–Crippen LogP) is 6.87. The van der Waals surface area contributed by atoms with E-state index in [9.17, 15) is 18.0 Å². The van der Waals surface area contributed by atoms with Gasteiger partial charge in [0.1, 0.15) is 6.54 Å². The van der Waals surface area contributed by atoms with E-state index in [1.54, 1.807) is 36.4 Å². The lowest BCUT2D eigenvalue weighted by molar-refractivity contribution is -0.141. The number of halogens is 2. The molecular formula is C30H28Cl2N2O5S. The lowest BCUT2D eigenvalue weighted by atomic mass is 10.1. The molecule has 0 saturated heterocycles. The number of carbonyl (C=O) groups is 2. The van der Waals surface area contributed by atoms with Gasteiger partial charge in [-0.1, -0.05) is 91.1 Å². The number of carbonyl (C=O) groups excluding carboxylic acids is 2. The van der Waals surface area contributed by atoms with E-state index in [4.69, 9.17) is 27.9 Å². The van der Waals surface area contributed by atoms with Crippen LogP contribution in [0.4, 0.5) is 11.4 Å². The molecule has 208 valence electrons. The number of fused-ring (bicyclic) bond motifs is 1. The van der Waals surface area contributed by atoms with Gasteiger partial charge < -0.3 is 10.1 Å². The Morgan fingerprint density at radius 2 is 1.55 bits per heavy atom. The number of benzene rings is 4. The Morgan fingerprint density at radius 3 is 2.25 bits per heavy atom. The van der Waals surface area contributed by atoms with Crippen molar-refractivity contribution in [3.63, 3.8) is 0 Å². The van der Waals surface area contributed by atoms with Crippen LogP contribution in [0.1, 0.15) is 25.3 Å². The second-order valence-electron chi connectivity index (χ2n) is 9.08. The predicted molar refractivity (Wildman–Crippen MR) is 160 cm³/mol. The second-order valence-corrected chi connectivity index (χ2v) is 11.8. The number of hydrogen-bond acceptors (Lipinski definition) is 5. The maximum absolute atomic E-state index is 13.9. The van der Waals surface area contributed by atoms with Crippen LogP contribution in [0.25, 0.3) is 10.8 Å². The molecule has 0 fully saturated rings. The summed E-state index contributed by atoms with van der Waals surface area (Å²) >= 11 is 12.2. The number of nitrogens with one attached hydrogen (secondary N) is 1. The summed E-state index contributed by atoms with van der Waals surface area (Å²) in [5.74, 6) is -0.920. The van der Waals surface area contributed by atoms with Crippen LogP contribution in [0, 0.1) is 0 Å². The van der Waals surface area contributed by atoms with Crippen LogP contribution in [-0.4, -0.2) is 33.4 Å². The molecule has 0 aliphatic heterocycles. The van der Waals surface area contributed by atoms with E-state index in [-0.39, 0.29) is 39.6 Å². The Balaban J connectivity index is 1.75. The van der Waals surface area contributed by atoms with Crippen LogP contribution < -0.4 is 9.62 Å². The monoisotopic (exact) mass is 598 g/mol. The SMILES string of the molecule is CCCCOC(=O)CN(c1cccc2c(NC(=O)Cc3ccccc3)cccc12)S(=O)(=O)c1cc(Cl)cc(Cl)c1. The van der Waals surface area contributed by atoms with Crippen molar-refractivity contribution < 1.29 is 22.7 Å². The van der Waals surface area contributed by atoms with Crippen molar-refractivity contribution in [3.8, 4) is 0 Å². The summed E-state index contributed by atoms with van der Waals surface area (Å²) in [5.41, 5.74) is 1.61. The highest BCUT2D eigenvalue weighted by Crippen LogP contribution is 2.35. The van der Waals surface area contributed by atoms with E-state index in [0.29, 0.717) is 22.9 Å². The van der Waals surface area contributed by atoms with Gasteiger partial charge in [0.05, 0.1) is 23.6 Å². The molecule has 4 aromatic rings. The molecule has 4 rings (SSSR count). The van der Waals surface area contributed by atoms with Crippen LogP contribution >= 0.6 is 23.2 Å².